The number of ether oxygens (including phenoxy) is 2. The molecule has 0 amide bonds. The largest absolute Gasteiger partial charge is 0.490 e. The maximum absolute atomic E-state index is 12.5. The first-order chi connectivity index (χ1) is 11.7. The molecule has 1 saturated heterocycles. The third kappa shape index (κ3) is 4.17. The first-order valence-electron chi connectivity index (χ1n) is 8.48. The van der Waals surface area contributed by atoms with Crippen LogP contribution in [-0.4, -0.2) is 30.9 Å². The van der Waals surface area contributed by atoms with Crippen LogP contribution in [0, 0.1) is 6.92 Å². The molecule has 0 radical (unpaired) electrons. The van der Waals surface area contributed by atoms with Crippen LogP contribution in [0.5, 0.6) is 11.5 Å². The Morgan fingerprint density at radius 1 is 1.08 bits per heavy atom. The smallest absolute Gasteiger partial charge is 0.293 e. The highest BCUT2D eigenvalue weighted by Crippen LogP contribution is 2.17. The summed E-state index contributed by atoms with van der Waals surface area (Å²) in [4.78, 5) is 12.5. The fourth-order valence-electron chi connectivity index (χ4n) is 2.92. The zero-order valence-corrected chi connectivity index (χ0v) is 14.0. The molecule has 5 nitrogen and oxygen atoms in total. The molecule has 24 heavy (non-hydrogen) atoms. The van der Waals surface area contributed by atoms with Crippen molar-refractivity contribution in [3.8, 4) is 11.5 Å². The van der Waals surface area contributed by atoms with E-state index in [0.29, 0.717) is 19.0 Å². The molecule has 1 fully saturated rings. The molecule has 0 bridgehead atoms. The summed E-state index contributed by atoms with van der Waals surface area (Å²) in [6.45, 7) is 4.69. The number of hydrogen-bond acceptors (Lipinski definition) is 4. The predicted octanol–water partition coefficient (Wildman–Crippen LogP) is 2.54. The Balaban J connectivity index is 1.55. The van der Waals surface area contributed by atoms with E-state index in [1.54, 1.807) is 10.6 Å². The first-order valence-corrected chi connectivity index (χ1v) is 8.48. The second kappa shape index (κ2) is 8.02. The Kier molecular flexibility index (Phi) is 5.54. The molecule has 1 aliphatic heterocycles. The maximum atomic E-state index is 12.5. The number of rotatable bonds is 6. The van der Waals surface area contributed by atoms with Gasteiger partial charge in [-0.1, -0.05) is 17.7 Å². The molecule has 3 rings (SSSR count). The van der Waals surface area contributed by atoms with Crippen LogP contribution >= 0.6 is 0 Å². The van der Waals surface area contributed by atoms with Crippen molar-refractivity contribution in [1.82, 2.24) is 9.88 Å². The van der Waals surface area contributed by atoms with Crippen LogP contribution in [0.25, 0.3) is 0 Å². The normalized spacial score (nSPS) is 15.2. The van der Waals surface area contributed by atoms with Crippen LogP contribution in [0.4, 0.5) is 0 Å². The van der Waals surface area contributed by atoms with Gasteiger partial charge in [-0.2, -0.15) is 0 Å². The lowest BCUT2D eigenvalue weighted by molar-refractivity contribution is 0.213. The van der Waals surface area contributed by atoms with Gasteiger partial charge in [0.1, 0.15) is 19.0 Å². The van der Waals surface area contributed by atoms with E-state index >= 15 is 0 Å². The van der Waals surface area contributed by atoms with Crippen molar-refractivity contribution >= 4 is 0 Å². The van der Waals surface area contributed by atoms with Gasteiger partial charge < -0.3 is 19.4 Å². The maximum Gasteiger partial charge on any atom is 0.293 e. The zero-order chi connectivity index (χ0) is 16.8. The second-order valence-corrected chi connectivity index (χ2v) is 6.08. The fourth-order valence-corrected chi connectivity index (χ4v) is 2.92. The Bertz CT molecular complexity index is 703. The van der Waals surface area contributed by atoms with Crippen LogP contribution in [0.1, 0.15) is 24.4 Å². The van der Waals surface area contributed by atoms with Crippen molar-refractivity contribution in [1.29, 1.82) is 0 Å². The summed E-state index contributed by atoms with van der Waals surface area (Å²) in [7, 11) is 0. The Hall–Kier alpha value is -2.27. The lowest BCUT2D eigenvalue weighted by Gasteiger charge is -2.25. The van der Waals surface area contributed by atoms with E-state index in [0.717, 1.165) is 31.7 Å². The van der Waals surface area contributed by atoms with Crippen molar-refractivity contribution < 1.29 is 9.47 Å². The van der Waals surface area contributed by atoms with Crippen LogP contribution in [-0.2, 0) is 0 Å². The van der Waals surface area contributed by atoms with Crippen LogP contribution in [0.3, 0.4) is 0 Å². The first kappa shape index (κ1) is 16.6. The predicted molar refractivity (Wildman–Crippen MR) is 94.0 cm³/mol. The molecule has 1 aromatic carbocycles. The molecule has 1 aromatic heterocycles. The summed E-state index contributed by atoms with van der Waals surface area (Å²) in [5.41, 5.74) is 1.14. The number of nitrogens with one attached hydrogen (secondary N) is 1. The van der Waals surface area contributed by atoms with Crippen molar-refractivity contribution in [2.24, 2.45) is 0 Å². The lowest BCUT2D eigenvalue weighted by Crippen LogP contribution is -2.34. The van der Waals surface area contributed by atoms with E-state index in [1.807, 2.05) is 43.5 Å². The van der Waals surface area contributed by atoms with E-state index in [9.17, 15) is 4.79 Å². The summed E-state index contributed by atoms with van der Waals surface area (Å²) in [5.74, 6) is 1.20. The number of nitrogens with zero attached hydrogens (tertiary/aromatic N) is 1. The molecule has 0 unspecified atom stereocenters. The Morgan fingerprint density at radius 3 is 2.54 bits per heavy atom. The number of aromatic nitrogens is 1. The minimum Gasteiger partial charge on any atom is -0.490 e. The summed E-state index contributed by atoms with van der Waals surface area (Å²) in [6, 6.07) is 11.7. The molecule has 0 saturated carbocycles. The van der Waals surface area contributed by atoms with Gasteiger partial charge in [-0.15, -0.1) is 0 Å². The standard InChI is InChI=1S/C19H24N2O3/c1-15-4-6-17(7-5-15)23-13-14-24-18-3-2-12-21(19(18)22)16-8-10-20-11-9-16/h2-7,12,16,20H,8-11,13-14H2,1H3. The van der Waals surface area contributed by atoms with Crippen molar-refractivity contribution in [2.75, 3.05) is 26.3 Å². The summed E-state index contributed by atoms with van der Waals surface area (Å²) < 4.78 is 13.1. The SMILES string of the molecule is Cc1ccc(OCCOc2cccn(C3CCNCC3)c2=O)cc1. The summed E-state index contributed by atoms with van der Waals surface area (Å²) >= 11 is 0. The van der Waals surface area contributed by atoms with E-state index in [-0.39, 0.29) is 11.6 Å². The Morgan fingerprint density at radius 2 is 1.79 bits per heavy atom. The molecule has 0 atom stereocenters. The molecular weight excluding hydrogens is 304 g/mol. The third-order valence-electron chi connectivity index (χ3n) is 4.27. The van der Waals surface area contributed by atoms with E-state index in [1.165, 1.54) is 5.56 Å². The number of benzene rings is 1. The van der Waals surface area contributed by atoms with Crippen molar-refractivity contribution in [2.45, 2.75) is 25.8 Å². The van der Waals surface area contributed by atoms with Gasteiger partial charge >= 0.3 is 0 Å². The van der Waals surface area contributed by atoms with Gasteiger partial charge in [0.25, 0.3) is 5.56 Å². The average molecular weight is 328 g/mol. The minimum atomic E-state index is -0.0558. The molecular formula is C19H24N2O3. The monoisotopic (exact) mass is 328 g/mol. The number of hydrogen-bond donors (Lipinski definition) is 1. The Labute approximate surface area is 142 Å². The molecule has 0 spiro atoms. The minimum absolute atomic E-state index is 0.0558. The number of pyridine rings is 1. The van der Waals surface area contributed by atoms with Gasteiger partial charge in [-0.3, -0.25) is 4.79 Å². The third-order valence-corrected chi connectivity index (χ3v) is 4.27. The van der Waals surface area contributed by atoms with Gasteiger partial charge in [-0.25, -0.2) is 0 Å². The highest BCUT2D eigenvalue weighted by Gasteiger charge is 2.17. The molecule has 5 heteroatoms. The fraction of sp³-hybridized carbons (Fsp3) is 0.421. The summed E-state index contributed by atoms with van der Waals surface area (Å²) in [5, 5.41) is 3.32. The molecule has 2 heterocycles. The van der Waals surface area contributed by atoms with Crippen LogP contribution < -0.4 is 20.3 Å². The second-order valence-electron chi connectivity index (χ2n) is 6.08. The highest BCUT2D eigenvalue weighted by molar-refractivity contribution is 5.26. The van der Waals surface area contributed by atoms with Crippen LogP contribution in [0.15, 0.2) is 47.4 Å². The lowest BCUT2D eigenvalue weighted by atomic mass is 10.1. The summed E-state index contributed by atoms with van der Waals surface area (Å²) in [6.07, 6.45) is 3.80. The quantitative estimate of drug-likeness (QED) is 0.828. The van der Waals surface area contributed by atoms with Gasteiger partial charge in [-0.05, 0) is 57.1 Å². The van der Waals surface area contributed by atoms with Crippen molar-refractivity contribution in [3.63, 3.8) is 0 Å². The van der Waals surface area contributed by atoms with E-state index in [4.69, 9.17) is 9.47 Å². The molecule has 128 valence electrons. The molecule has 2 aromatic rings. The molecule has 1 aliphatic rings. The average Bonchev–Trinajstić information content (AvgIpc) is 2.62. The molecule has 0 aliphatic carbocycles. The van der Waals surface area contributed by atoms with Gasteiger partial charge in [0.15, 0.2) is 5.75 Å². The topological polar surface area (TPSA) is 52.5 Å². The zero-order valence-electron chi connectivity index (χ0n) is 14.0. The number of aryl methyl sites for hydroxylation is 1. The van der Waals surface area contributed by atoms with Gasteiger partial charge in [0.05, 0.1) is 0 Å². The van der Waals surface area contributed by atoms with E-state index < -0.39 is 0 Å². The van der Waals surface area contributed by atoms with E-state index in [2.05, 4.69) is 5.32 Å². The van der Waals surface area contributed by atoms with Crippen LogP contribution in [0.2, 0.25) is 0 Å². The number of piperidine rings is 1. The molecule has 1 N–H and O–H groups in total. The van der Waals surface area contributed by atoms with Crippen molar-refractivity contribution in [3.05, 3.63) is 58.5 Å². The van der Waals surface area contributed by atoms with Gasteiger partial charge in [0, 0.05) is 12.2 Å². The van der Waals surface area contributed by atoms with Gasteiger partial charge in [0.2, 0.25) is 0 Å². The highest BCUT2D eigenvalue weighted by atomic mass is 16.5.